The molecule has 0 radical (unpaired) electrons. The van der Waals surface area contributed by atoms with Gasteiger partial charge in [0.2, 0.25) is 0 Å². The summed E-state index contributed by atoms with van der Waals surface area (Å²) >= 11 is 0. The zero-order valence-corrected chi connectivity index (χ0v) is 6.62. The van der Waals surface area contributed by atoms with Gasteiger partial charge in [-0.15, -0.1) is 0 Å². The van der Waals surface area contributed by atoms with E-state index in [2.05, 4.69) is 30.3 Å². The summed E-state index contributed by atoms with van der Waals surface area (Å²) in [7, 11) is 2.06. The molecule has 2 aliphatic rings. The zero-order valence-electron chi connectivity index (χ0n) is 6.62. The van der Waals surface area contributed by atoms with Gasteiger partial charge in [0.05, 0.1) is 0 Å². The largest absolute Gasteiger partial charge is 0.399 e. The van der Waals surface area contributed by atoms with Crippen molar-refractivity contribution in [1.82, 2.24) is 4.90 Å². The van der Waals surface area contributed by atoms with Gasteiger partial charge < -0.3 is 10.6 Å². The second-order valence-electron chi connectivity index (χ2n) is 3.07. The summed E-state index contributed by atoms with van der Waals surface area (Å²) in [6.07, 6.45) is 9.50. The summed E-state index contributed by atoms with van der Waals surface area (Å²) in [4.78, 5) is 2.13. The highest BCUT2D eigenvalue weighted by Crippen LogP contribution is 2.30. The Hall–Kier alpha value is -1.18. The Labute approximate surface area is 66.7 Å². The van der Waals surface area contributed by atoms with Gasteiger partial charge in [-0.25, -0.2) is 0 Å². The van der Waals surface area contributed by atoms with Gasteiger partial charge in [0.15, 0.2) is 0 Å². The predicted octanol–water partition coefficient (Wildman–Crippen LogP) is 1.19. The lowest BCUT2D eigenvalue weighted by atomic mass is 9.97. The van der Waals surface area contributed by atoms with Crippen LogP contribution in [0.3, 0.4) is 0 Å². The van der Waals surface area contributed by atoms with Crippen LogP contribution in [0.1, 0.15) is 6.42 Å². The van der Waals surface area contributed by atoms with Crippen molar-refractivity contribution in [3.8, 4) is 0 Å². The van der Waals surface area contributed by atoms with E-state index >= 15 is 0 Å². The molecule has 1 unspecified atom stereocenters. The highest BCUT2D eigenvalue weighted by atomic mass is 15.1. The molecule has 0 bridgehead atoms. The minimum atomic E-state index is 0.576. The van der Waals surface area contributed by atoms with Crippen molar-refractivity contribution in [2.75, 3.05) is 7.05 Å². The van der Waals surface area contributed by atoms with Gasteiger partial charge in [0.25, 0.3) is 0 Å². The lowest BCUT2D eigenvalue weighted by molar-refractivity contribution is 0.532. The highest BCUT2D eigenvalue weighted by Gasteiger charge is 2.21. The Morgan fingerprint density at radius 3 is 3.27 bits per heavy atom. The molecule has 58 valence electrons. The molecule has 0 saturated heterocycles. The van der Waals surface area contributed by atoms with E-state index in [0.29, 0.717) is 5.92 Å². The van der Waals surface area contributed by atoms with E-state index in [1.807, 2.05) is 6.08 Å². The maximum Gasteiger partial charge on any atom is 0.0291 e. The molecule has 0 spiro atoms. The minimum absolute atomic E-state index is 0.576. The van der Waals surface area contributed by atoms with Crippen molar-refractivity contribution < 1.29 is 0 Å². The first-order valence-electron chi connectivity index (χ1n) is 3.86. The quantitative estimate of drug-likeness (QED) is 0.559. The molecule has 11 heavy (non-hydrogen) atoms. The third-order valence-corrected chi connectivity index (χ3v) is 2.25. The van der Waals surface area contributed by atoms with Crippen molar-refractivity contribution in [2.45, 2.75) is 6.42 Å². The Kier molecular flexibility index (Phi) is 1.28. The van der Waals surface area contributed by atoms with Crippen LogP contribution in [-0.4, -0.2) is 11.9 Å². The fourth-order valence-corrected chi connectivity index (χ4v) is 1.58. The lowest BCUT2D eigenvalue weighted by Crippen LogP contribution is -2.15. The van der Waals surface area contributed by atoms with Crippen molar-refractivity contribution in [3.63, 3.8) is 0 Å². The number of nitrogens with zero attached hydrogens (tertiary/aromatic N) is 1. The lowest BCUT2D eigenvalue weighted by Gasteiger charge is -2.20. The number of hydrogen-bond acceptors (Lipinski definition) is 2. The Balaban J connectivity index is 2.32. The summed E-state index contributed by atoms with van der Waals surface area (Å²) in [6, 6.07) is 0. The van der Waals surface area contributed by atoms with Crippen LogP contribution in [0.25, 0.3) is 0 Å². The van der Waals surface area contributed by atoms with E-state index in [9.17, 15) is 0 Å². The van der Waals surface area contributed by atoms with E-state index in [4.69, 9.17) is 5.73 Å². The number of allylic oxidation sites excluding steroid dienone is 3. The third-order valence-electron chi connectivity index (χ3n) is 2.25. The fraction of sp³-hybridized carbons (Fsp3) is 0.333. The average molecular weight is 148 g/mol. The molecule has 0 aromatic carbocycles. The molecule has 1 aliphatic carbocycles. The second-order valence-corrected chi connectivity index (χ2v) is 3.07. The van der Waals surface area contributed by atoms with Gasteiger partial charge in [0.1, 0.15) is 0 Å². The average Bonchev–Trinajstić information content (AvgIpc) is 2.33. The predicted molar refractivity (Wildman–Crippen MR) is 45.4 cm³/mol. The van der Waals surface area contributed by atoms with Crippen LogP contribution in [0, 0.1) is 5.92 Å². The van der Waals surface area contributed by atoms with Gasteiger partial charge in [-0.05, 0) is 12.5 Å². The summed E-state index contributed by atoms with van der Waals surface area (Å²) in [5.41, 5.74) is 7.90. The number of rotatable bonds is 0. The van der Waals surface area contributed by atoms with Gasteiger partial charge >= 0.3 is 0 Å². The van der Waals surface area contributed by atoms with Gasteiger partial charge in [-0.1, -0.05) is 12.2 Å². The fourth-order valence-electron chi connectivity index (χ4n) is 1.58. The summed E-state index contributed by atoms with van der Waals surface area (Å²) in [5, 5.41) is 0. The highest BCUT2D eigenvalue weighted by molar-refractivity contribution is 5.33. The van der Waals surface area contributed by atoms with E-state index in [1.165, 1.54) is 5.70 Å². The second kappa shape index (κ2) is 2.16. The third kappa shape index (κ3) is 0.946. The first kappa shape index (κ1) is 6.53. The van der Waals surface area contributed by atoms with E-state index < -0.39 is 0 Å². The molecule has 2 rings (SSSR count). The molecule has 0 aromatic rings. The molecule has 1 heterocycles. The molecular weight excluding hydrogens is 136 g/mol. The van der Waals surface area contributed by atoms with Crippen molar-refractivity contribution >= 4 is 0 Å². The van der Waals surface area contributed by atoms with Crippen LogP contribution < -0.4 is 5.73 Å². The molecule has 0 aromatic heterocycles. The van der Waals surface area contributed by atoms with Crippen molar-refractivity contribution in [1.29, 1.82) is 0 Å². The van der Waals surface area contributed by atoms with Crippen LogP contribution in [0.4, 0.5) is 0 Å². The summed E-state index contributed by atoms with van der Waals surface area (Å²) < 4.78 is 0. The SMILES string of the molecule is CN1C=CC2CC=C(N)C=C21. The number of nitrogens with two attached hydrogens (primary N) is 1. The topological polar surface area (TPSA) is 29.3 Å². The standard InChI is InChI=1S/C9H12N2/c1-11-5-4-7-2-3-8(10)6-9(7)11/h3-7H,2,10H2,1H3. The normalized spacial score (nSPS) is 28.1. The Morgan fingerprint density at radius 2 is 2.45 bits per heavy atom. The van der Waals surface area contributed by atoms with Gasteiger partial charge in [-0.2, -0.15) is 0 Å². The molecular formula is C9H12N2. The van der Waals surface area contributed by atoms with E-state index in [-0.39, 0.29) is 0 Å². The van der Waals surface area contributed by atoms with Gasteiger partial charge in [-0.3, -0.25) is 0 Å². The van der Waals surface area contributed by atoms with Crippen molar-refractivity contribution in [2.24, 2.45) is 11.7 Å². The summed E-state index contributed by atoms with van der Waals surface area (Å²) in [5.74, 6) is 0.576. The number of hydrogen-bond donors (Lipinski definition) is 1. The molecule has 1 aliphatic heterocycles. The minimum Gasteiger partial charge on any atom is -0.399 e. The first-order valence-corrected chi connectivity index (χ1v) is 3.86. The molecule has 0 saturated carbocycles. The van der Waals surface area contributed by atoms with Crippen LogP contribution >= 0.6 is 0 Å². The van der Waals surface area contributed by atoms with Gasteiger partial charge in [0, 0.05) is 30.6 Å². The molecule has 2 N–H and O–H groups in total. The van der Waals surface area contributed by atoms with Crippen LogP contribution in [0.15, 0.2) is 35.8 Å². The molecule has 1 atom stereocenters. The Morgan fingerprint density at radius 1 is 1.64 bits per heavy atom. The maximum atomic E-state index is 5.68. The molecule has 2 nitrogen and oxygen atoms in total. The molecule has 0 amide bonds. The smallest absolute Gasteiger partial charge is 0.0291 e. The van der Waals surface area contributed by atoms with Crippen LogP contribution in [0.2, 0.25) is 0 Å². The van der Waals surface area contributed by atoms with Crippen LogP contribution in [0.5, 0.6) is 0 Å². The van der Waals surface area contributed by atoms with Crippen LogP contribution in [-0.2, 0) is 0 Å². The van der Waals surface area contributed by atoms with E-state index in [0.717, 1.165) is 12.1 Å². The van der Waals surface area contributed by atoms with E-state index in [1.54, 1.807) is 0 Å². The zero-order chi connectivity index (χ0) is 7.84. The Bertz CT molecular complexity index is 261. The maximum absolute atomic E-state index is 5.68. The summed E-state index contributed by atoms with van der Waals surface area (Å²) in [6.45, 7) is 0. The molecule has 2 heteroatoms. The van der Waals surface area contributed by atoms with Crippen molar-refractivity contribution in [3.05, 3.63) is 35.8 Å². The monoisotopic (exact) mass is 148 g/mol. The number of fused-ring (bicyclic) bond motifs is 1. The first-order chi connectivity index (χ1) is 5.27. The molecule has 0 fully saturated rings.